The molecule has 0 aromatic rings. The van der Waals surface area contributed by atoms with Crippen LogP contribution in [0.4, 0.5) is 0 Å². The summed E-state index contributed by atoms with van der Waals surface area (Å²) < 4.78 is 128. The molecule has 9 rings (SSSR count). The summed E-state index contributed by atoms with van der Waals surface area (Å²) in [6.07, 6.45) is -28.3. The Morgan fingerprint density at radius 3 is 1.32 bits per heavy atom. The van der Waals surface area contributed by atoms with Crippen LogP contribution in [0, 0.1) is 50.2 Å². The summed E-state index contributed by atoms with van der Waals surface area (Å²) in [5, 5.41) is 12.6. The summed E-state index contributed by atoms with van der Waals surface area (Å²) in [7, 11) is 1.05. The number of aliphatic hydroxyl groups excluding tert-OH is 1. The van der Waals surface area contributed by atoms with Crippen LogP contribution in [0.1, 0.15) is 196 Å². The highest BCUT2D eigenvalue weighted by atomic mass is 16.8. The smallest absolute Gasteiger partial charge is 0.339 e. The number of allylic oxidation sites excluding steroid dienone is 2. The van der Waals surface area contributed by atoms with Crippen molar-refractivity contribution in [3.8, 4) is 0 Å². The van der Waals surface area contributed by atoms with Gasteiger partial charge in [-0.05, 0) is 110 Å². The van der Waals surface area contributed by atoms with Crippen molar-refractivity contribution in [1.82, 2.24) is 0 Å². The number of rotatable bonds is 24. The molecule has 0 aromatic carbocycles. The molecule has 5 aliphatic carbocycles. The number of fused-ring (bicyclic) bond motifs is 7. The molecule has 35 nitrogen and oxygen atoms in total. The van der Waals surface area contributed by atoms with Gasteiger partial charge in [0, 0.05) is 88.5 Å². The maximum absolute atomic E-state index is 14.2. The van der Waals surface area contributed by atoms with Crippen molar-refractivity contribution < 1.29 is 167 Å². The third-order valence-corrected chi connectivity index (χ3v) is 25.2. The zero-order valence-corrected chi connectivity index (χ0v) is 68.8. The average Bonchev–Trinajstić information content (AvgIpc) is 0.675. The predicted octanol–water partition coefficient (Wildman–Crippen LogP) is 5.47. The van der Waals surface area contributed by atoms with Crippen LogP contribution in [0.2, 0.25) is 0 Å². The van der Waals surface area contributed by atoms with Crippen LogP contribution >= 0.6 is 0 Å². The third kappa shape index (κ3) is 19.2. The highest BCUT2D eigenvalue weighted by Crippen LogP contribution is 2.76. The Labute approximate surface area is 662 Å². The molecule has 4 aliphatic heterocycles. The summed E-state index contributed by atoms with van der Waals surface area (Å²) >= 11 is 0. The lowest BCUT2D eigenvalue weighted by atomic mass is 9.33. The fourth-order valence-electron chi connectivity index (χ4n) is 20.2. The predicted molar refractivity (Wildman–Crippen MR) is 382 cm³/mol. The average molecular weight is 1620 g/mol. The molecule has 4 saturated heterocycles. The molecule has 1 N–H and O–H groups in total. The number of methoxy groups -OCH3 is 1. The van der Waals surface area contributed by atoms with Gasteiger partial charge in [0.1, 0.15) is 25.4 Å². The van der Waals surface area contributed by atoms with E-state index in [0.717, 1.165) is 96.1 Å². The maximum Gasteiger partial charge on any atom is 0.339 e. The first-order valence-corrected chi connectivity index (χ1v) is 38.8. The number of carbonyl (C=O) groups is 13. The van der Waals surface area contributed by atoms with Crippen molar-refractivity contribution in [2.24, 2.45) is 50.2 Å². The van der Waals surface area contributed by atoms with Crippen LogP contribution in [-0.2, 0) is 162 Å². The van der Waals surface area contributed by atoms with Crippen molar-refractivity contribution in [1.29, 1.82) is 0 Å². The summed E-state index contributed by atoms with van der Waals surface area (Å²) in [5.41, 5.74) is -2.13. The molecule has 1 unspecified atom stereocenters. The molecule has 4 saturated carbocycles. The van der Waals surface area contributed by atoms with E-state index in [1.54, 1.807) is 0 Å². The fraction of sp³-hybridized carbons (Fsp3) is 0.810. The summed E-state index contributed by atoms with van der Waals surface area (Å²) in [5.74, 6) is -12.0. The van der Waals surface area contributed by atoms with Crippen molar-refractivity contribution in [2.45, 2.75) is 331 Å². The minimum Gasteiger partial charge on any atom is -0.467 e. The van der Waals surface area contributed by atoms with Crippen LogP contribution in [0.25, 0.3) is 0 Å². The van der Waals surface area contributed by atoms with E-state index in [9.17, 15) is 67.4 Å². The Kier molecular flexibility index (Phi) is 28.4. The van der Waals surface area contributed by atoms with E-state index >= 15 is 0 Å². The largest absolute Gasteiger partial charge is 0.467 e. The van der Waals surface area contributed by atoms with Crippen molar-refractivity contribution in [3.63, 3.8) is 0 Å². The quantitative estimate of drug-likeness (QED) is 0.0542. The molecular weight excluding hydrogens is 1510 g/mol. The van der Waals surface area contributed by atoms with Crippen molar-refractivity contribution in [3.05, 3.63) is 11.6 Å². The molecule has 0 bridgehead atoms. The van der Waals surface area contributed by atoms with Gasteiger partial charge in [0.25, 0.3) is 0 Å². The van der Waals surface area contributed by atoms with Gasteiger partial charge in [0.05, 0.1) is 32.0 Å². The minimum absolute atomic E-state index is 0.0473. The topological polar surface area (TPSA) is 436 Å². The number of hydrogen-bond donors (Lipinski definition) is 1. The Morgan fingerprint density at radius 2 is 0.833 bits per heavy atom. The molecule has 0 aromatic heterocycles. The fourth-order valence-corrected chi connectivity index (χ4v) is 20.2. The number of hydrogen-bond acceptors (Lipinski definition) is 35. The second kappa shape index (κ2) is 35.8. The van der Waals surface area contributed by atoms with Crippen LogP contribution < -0.4 is 0 Å². The van der Waals surface area contributed by atoms with E-state index in [0.29, 0.717) is 44.9 Å². The number of ether oxygens (including phenoxy) is 21. The molecular formula is C79H114O35. The molecule has 0 radical (unpaired) electrons. The molecule has 8 fully saturated rings. The SMILES string of the molecule is COC(=O)[C@H]1O[C@@H](O[C@H]2CC[C@@]3(C)C(CC[C@]4(C)[C@@H]3CC=C3[C@@H]5C[C@@](C)(CO[C@@H]6O[C@H](COC(C)=O)[C@@H](OC(C)=O)[C@H](OC(C)=O)[C@H]6OC(C)=O)C[C@@H](O)[C@]5(C)CC[C@]34C)C2(C)C)[C@H](O[C@@H]2O[C@H](COC(C)=O)[C@H](OC(C)=O)[C@H](OC(C)=O)[C@H]2O[C@@H]2O[C@@H](C)[C@H](OC(C)=O)[C@@H](OC(C)=O)[C@H]2OC(C)=O)[C@@H](OC(C)=O)[C@@H]1OC(C)=O. The van der Waals surface area contributed by atoms with E-state index in [4.69, 9.17) is 99.5 Å². The lowest BCUT2D eigenvalue weighted by molar-refractivity contribution is -0.396. The Bertz CT molecular complexity index is 3650. The Morgan fingerprint density at radius 1 is 0.421 bits per heavy atom. The third-order valence-electron chi connectivity index (χ3n) is 25.2. The zero-order valence-electron chi connectivity index (χ0n) is 68.8. The molecule has 0 spiro atoms. The van der Waals surface area contributed by atoms with Crippen LogP contribution in [0.15, 0.2) is 11.6 Å². The molecule has 9 aliphatic rings. The molecule has 640 valence electrons. The van der Waals surface area contributed by atoms with Crippen molar-refractivity contribution >= 4 is 77.6 Å². The zero-order chi connectivity index (χ0) is 84.6. The Hall–Kier alpha value is -7.51. The molecule has 114 heavy (non-hydrogen) atoms. The standard InChI is InChI=1S/C79H114O35/c1-35-56(99-38(4)82)59(102-41(7)85)66(108-47(13)91)71(98-35)113-67-61(104-43(9)87)58(101-40(6)84)51(33-96-37(3)81)110-72(67)114-68-63(106-45(11)89)62(105-44(10)88)64(69(93)94-21)112-73(68)111-55-25-26-77(18)52(74(55,14)15)24-27-79(20)53(77)23-22-48-49-30-75(16,31-54(92)76(49,17)28-29-78(48,79)19)34-97-70-65(107-46(12)90)60(103-42(8)86)57(100-39(5)83)50(109-70)32-95-36(2)80/h22,35,49-68,70-73,92H,23-34H2,1-21H3/t35-,49-,50+,51+,52?,53+,54+,55-,56-,57+,58-,59+,60-,61-,62-,63-,64-,65+,66+,67+,68+,70+,71-,72-,73+,75+,76+,77-,78+,79+/m0/s1. The summed E-state index contributed by atoms with van der Waals surface area (Å²) in [6.45, 7) is 28.4. The highest BCUT2D eigenvalue weighted by Gasteiger charge is 2.71. The van der Waals surface area contributed by atoms with Gasteiger partial charge in [-0.2, -0.15) is 0 Å². The molecule has 35 heteroatoms. The van der Waals surface area contributed by atoms with Gasteiger partial charge < -0.3 is 105 Å². The molecule has 4 heterocycles. The van der Waals surface area contributed by atoms with Gasteiger partial charge in [0.15, 0.2) is 105 Å². The van der Waals surface area contributed by atoms with E-state index in [-0.39, 0.29) is 29.8 Å². The van der Waals surface area contributed by atoms with Gasteiger partial charge in [-0.1, -0.05) is 60.1 Å². The van der Waals surface area contributed by atoms with Crippen LogP contribution in [0.5, 0.6) is 0 Å². The van der Waals surface area contributed by atoms with E-state index < -0.39 is 253 Å². The molecule has 0 amide bonds. The first kappa shape index (κ1) is 90.4. The monoisotopic (exact) mass is 1620 g/mol. The van der Waals surface area contributed by atoms with Gasteiger partial charge in [-0.3, -0.25) is 57.5 Å². The van der Waals surface area contributed by atoms with E-state index in [1.807, 2.05) is 6.92 Å². The molecule has 30 atom stereocenters. The van der Waals surface area contributed by atoms with Crippen LogP contribution in [-0.4, -0.2) is 245 Å². The lowest BCUT2D eigenvalue weighted by Crippen LogP contribution is -2.69. The summed E-state index contributed by atoms with van der Waals surface area (Å²) in [4.78, 5) is 170. The second-order valence-corrected chi connectivity index (χ2v) is 33.7. The van der Waals surface area contributed by atoms with Gasteiger partial charge in [0.2, 0.25) is 0 Å². The van der Waals surface area contributed by atoms with Crippen LogP contribution in [0.3, 0.4) is 0 Å². The lowest BCUT2D eigenvalue weighted by Gasteiger charge is -2.72. The normalized spacial score (nSPS) is 40.6. The summed E-state index contributed by atoms with van der Waals surface area (Å²) in [6, 6.07) is 0. The maximum atomic E-state index is 14.2. The Balaban J connectivity index is 1.07. The number of aliphatic hydroxyl groups is 1. The van der Waals surface area contributed by atoms with Crippen molar-refractivity contribution in [2.75, 3.05) is 26.9 Å². The van der Waals surface area contributed by atoms with Gasteiger partial charge in [-0.15, -0.1) is 0 Å². The van der Waals surface area contributed by atoms with Gasteiger partial charge in [-0.25, -0.2) is 4.79 Å². The number of carbonyl (C=O) groups excluding carboxylic acids is 13. The first-order valence-electron chi connectivity index (χ1n) is 38.8. The number of esters is 13. The van der Waals surface area contributed by atoms with E-state index in [2.05, 4.69) is 47.6 Å². The van der Waals surface area contributed by atoms with E-state index in [1.165, 1.54) is 19.4 Å². The van der Waals surface area contributed by atoms with Gasteiger partial charge >= 0.3 is 77.6 Å². The highest BCUT2D eigenvalue weighted by molar-refractivity contribution is 5.77. The second-order valence-electron chi connectivity index (χ2n) is 33.7. The first-order chi connectivity index (χ1) is 53.1. The minimum atomic E-state index is -2.12.